The lowest BCUT2D eigenvalue weighted by atomic mass is 10.3. The Kier molecular flexibility index (Phi) is 3.22. The first kappa shape index (κ1) is 9.47. The molecular weight excluding hydrogens is 170 g/mol. The van der Waals surface area contributed by atoms with E-state index in [1.54, 1.807) is 23.0 Å². The normalized spacial score (nSPS) is 10.6. The zero-order chi connectivity index (χ0) is 9.68. The second-order valence-corrected chi connectivity index (χ2v) is 2.38. The second-order valence-electron chi connectivity index (χ2n) is 2.38. The number of amides is 1. The number of aryl methyl sites for hydroxylation is 1. The van der Waals surface area contributed by atoms with Crippen LogP contribution in [0.2, 0.25) is 0 Å². The summed E-state index contributed by atoms with van der Waals surface area (Å²) < 4.78 is 1.74. The first-order valence-corrected chi connectivity index (χ1v) is 3.92. The summed E-state index contributed by atoms with van der Waals surface area (Å²) in [6.45, 7) is 2.70. The maximum Gasteiger partial charge on any atom is 0.267 e. The average molecular weight is 181 g/mol. The van der Waals surface area contributed by atoms with Crippen LogP contribution in [0.15, 0.2) is 18.3 Å². The van der Waals surface area contributed by atoms with Crippen molar-refractivity contribution in [2.75, 3.05) is 0 Å². The van der Waals surface area contributed by atoms with E-state index in [1.165, 1.54) is 11.6 Å². The smallest absolute Gasteiger partial charge is 0.267 e. The summed E-state index contributed by atoms with van der Waals surface area (Å²) in [5, 5.41) is 12.2. The number of nitrogens with one attached hydrogen (secondary N) is 1. The van der Waals surface area contributed by atoms with Gasteiger partial charge in [0.15, 0.2) is 0 Å². The Labute approximate surface area is 75.6 Å². The third-order valence-corrected chi connectivity index (χ3v) is 1.56. The molecule has 13 heavy (non-hydrogen) atoms. The van der Waals surface area contributed by atoms with Gasteiger partial charge in [0.25, 0.3) is 5.91 Å². The molecule has 1 amide bonds. The fourth-order valence-electron chi connectivity index (χ4n) is 0.947. The highest BCUT2D eigenvalue weighted by Crippen LogP contribution is 2.00. The summed E-state index contributed by atoms with van der Waals surface area (Å²) in [6, 6.07) is 1.78. The SMILES string of the molecule is CCn1nccc1/C=C/C(=O)NO. The monoisotopic (exact) mass is 181 g/mol. The molecule has 0 aliphatic rings. The van der Waals surface area contributed by atoms with Crippen LogP contribution in [0.3, 0.4) is 0 Å². The van der Waals surface area contributed by atoms with Crippen molar-refractivity contribution in [1.82, 2.24) is 15.3 Å². The molecule has 5 heteroatoms. The van der Waals surface area contributed by atoms with Crippen molar-refractivity contribution in [3.05, 3.63) is 24.0 Å². The number of hydroxylamine groups is 1. The highest BCUT2D eigenvalue weighted by Gasteiger charge is 1.96. The van der Waals surface area contributed by atoms with E-state index in [4.69, 9.17) is 5.21 Å². The number of carbonyl (C=O) groups excluding carboxylic acids is 1. The van der Waals surface area contributed by atoms with Crippen LogP contribution < -0.4 is 5.48 Å². The Hall–Kier alpha value is -1.62. The fourth-order valence-corrected chi connectivity index (χ4v) is 0.947. The van der Waals surface area contributed by atoms with Crippen molar-refractivity contribution in [3.8, 4) is 0 Å². The first-order valence-electron chi connectivity index (χ1n) is 3.92. The molecule has 1 rings (SSSR count). The minimum absolute atomic E-state index is 0.552. The topological polar surface area (TPSA) is 67.2 Å². The molecule has 0 aliphatic heterocycles. The molecule has 1 aromatic rings. The van der Waals surface area contributed by atoms with Gasteiger partial charge in [-0.3, -0.25) is 14.7 Å². The Bertz CT molecular complexity index is 317. The molecule has 0 saturated heterocycles. The Morgan fingerprint density at radius 1 is 1.85 bits per heavy atom. The number of nitrogens with zero attached hydrogens (tertiary/aromatic N) is 2. The van der Waals surface area contributed by atoms with Gasteiger partial charge in [0.05, 0.1) is 5.69 Å². The van der Waals surface area contributed by atoms with Gasteiger partial charge in [0.1, 0.15) is 0 Å². The van der Waals surface area contributed by atoms with Crippen LogP contribution in [0.1, 0.15) is 12.6 Å². The van der Waals surface area contributed by atoms with Crippen LogP contribution in [0.5, 0.6) is 0 Å². The maximum atomic E-state index is 10.6. The number of aromatic nitrogens is 2. The molecule has 0 bridgehead atoms. The zero-order valence-electron chi connectivity index (χ0n) is 7.27. The van der Waals surface area contributed by atoms with Crippen molar-refractivity contribution in [1.29, 1.82) is 0 Å². The molecule has 2 N–H and O–H groups in total. The standard InChI is InChI=1S/C8H11N3O2/c1-2-11-7(5-6-9-11)3-4-8(12)10-13/h3-6,13H,2H2,1H3,(H,10,12)/b4-3+. The Morgan fingerprint density at radius 3 is 3.23 bits per heavy atom. The van der Waals surface area contributed by atoms with Crippen molar-refractivity contribution in [2.45, 2.75) is 13.5 Å². The van der Waals surface area contributed by atoms with Crippen molar-refractivity contribution in [3.63, 3.8) is 0 Å². The van der Waals surface area contributed by atoms with Gasteiger partial charge in [-0.1, -0.05) is 0 Å². The predicted molar refractivity (Wildman–Crippen MR) is 46.9 cm³/mol. The van der Waals surface area contributed by atoms with Crippen molar-refractivity contribution >= 4 is 12.0 Å². The molecule has 1 heterocycles. The van der Waals surface area contributed by atoms with Gasteiger partial charge < -0.3 is 0 Å². The van der Waals surface area contributed by atoms with Gasteiger partial charge in [-0.15, -0.1) is 0 Å². The van der Waals surface area contributed by atoms with E-state index in [9.17, 15) is 4.79 Å². The van der Waals surface area contributed by atoms with Crippen LogP contribution in [-0.4, -0.2) is 20.9 Å². The zero-order valence-corrected chi connectivity index (χ0v) is 7.27. The van der Waals surface area contributed by atoms with E-state index in [-0.39, 0.29) is 0 Å². The molecule has 0 aromatic carbocycles. The summed E-state index contributed by atoms with van der Waals surface area (Å²) in [5.41, 5.74) is 2.33. The minimum atomic E-state index is -0.552. The fraction of sp³-hybridized carbons (Fsp3) is 0.250. The van der Waals surface area contributed by atoms with E-state index in [1.807, 2.05) is 6.92 Å². The molecule has 0 aliphatic carbocycles. The largest absolute Gasteiger partial charge is 0.288 e. The molecule has 5 nitrogen and oxygen atoms in total. The Morgan fingerprint density at radius 2 is 2.62 bits per heavy atom. The lowest BCUT2D eigenvalue weighted by molar-refractivity contribution is -0.124. The van der Waals surface area contributed by atoms with Gasteiger partial charge in [0, 0.05) is 18.8 Å². The molecule has 0 saturated carbocycles. The summed E-state index contributed by atoms with van der Waals surface area (Å²) in [7, 11) is 0. The first-order chi connectivity index (χ1) is 6.27. The van der Waals surface area contributed by atoms with Gasteiger partial charge in [-0.2, -0.15) is 5.10 Å². The molecule has 0 atom stereocenters. The molecule has 0 fully saturated rings. The van der Waals surface area contributed by atoms with E-state index < -0.39 is 5.91 Å². The summed E-state index contributed by atoms with van der Waals surface area (Å²) in [4.78, 5) is 10.6. The molecule has 0 radical (unpaired) electrons. The second kappa shape index (κ2) is 4.42. The van der Waals surface area contributed by atoms with E-state index in [2.05, 4.69) is 5.10 Å². The maximum absolute atomic E-state index is 10.6. The molecule has 0 spiro atoms. The number of rotatable bonds is 3. The lowest BCUT2D eigenvalue weighted by Crippen LogP contribution is -2.15. The van der Waals surface area contributed by atoms with Crippen LogP contribution in [-0.2, 0) is 11.3 Å². The average Bonchev–Trinajstić information content (AvgIpc) is 2.61. The van der Waals surface area contributed by atoms with Gasteiger partial charge in [0.2, 0.25) is 0 Å². The van der Waals surface area contributed by atoms with E-state index in [0.717, 1.165) is 12.2 Å². The van der Waals surface area contributed by atoms with Crippen LogP contribution in [0.4, 0.5) is 0 Å². The third-order valence-electron chi connectivity index (χ3n) is 1.56. The van der Waals surface area contributed by atoms with Gasteiger partial charge in [-0.25, -0.2) is 5.48 Å². The van der Waals surface area contributed by atoms with E-state index in [0.29, 0.717) is 0 Å². The number of hydrogen-bond donors (Lipinski definition) is 2. The molecule has 0 unspecified atom stereocenters. The highest BCUT2D eigenvalue weighted by molar-refractivity contribution is 5.90. The highest BCUT2D eigenvalue weighted by atomic mass is 16.5. The van der Waals surface area contributed by atoms with Crippen LogP contribution in [0.25, 0.3) is 6.08 Å². The summed E-state index contributed by atoms with van der Waals surface area (Å²) in [6.07, 6.45) is 4.48. The summed E-state index contributed by atoms with van der Waals surface area (Å²) >= 11 is 0. The summed E-state index contributed by atoms with van der Waals surface area (Å²) in [5.74, 6) is -0.552. The number of carbonyl (C=O) groups is 1. The van der Waals surface area contributed by atoms with E-state index >= 15 is 0 Å². The minimum Gasteiger partial charge on any atom is -0.288 e. The third kappa shape index (κ3) is 2.41. The van der Waals surface area contributed by atoms with Crippen molar-refractivity contribution in [2.24, 2.45) is 0 Å². The molecule has 1 aromatic heterocycles. The quantitative estimate of drug-likeness (QED) is 0.403. The van der Waals surface area contributed by atoms with Gasteiger partial charge in [-0.05, 0) is 19.1 Å². The van der Waals surface area contributed by atoms with Gasteiger partial charge >= 0.3 is 0 Å². The molecule has 70 valence electrons. The number of hydrogen-bond acceptors (Lipinski definition) is 3. The molecular formula is C8H11N3O2. The van der Waals surface area contributed by atoms with Crippen molar-refractivity contribution < 1.29 is 10.0 Å². The lowest BCUT2D eigenvalue weighted by Gasteiger charge is -1.97. The van der Waals surface area contributed by atoms with Crippen LogP contribution >= 0.6 is 0 Å². The Balaban J connectivity index is 2.73. The predicted octanol–water partition coefficient (Wildman–Crippen LogP) is 0.422. The van der Waals surface area contributed by atoms with Crippen LogP contribution in [0, 0.1) is 0 Å².